The van der Waals surface area contributed by atoms with Crippen LogP contribution in [0.4, 0.5) is 5.69 Å². The van der Waals surface area contributed by atoms with Gasteiger partial charge in [-0.1, -0.05) is 42.1 Å². The molecule has 0 atom stereocenters. The molecule has 9 heteroatoms. The van der Waals surface area contributed by atoms with Crippen molar-refractivity contribution in [2.45, 2.75) is 23.5 Å². The number of anilines is 1. The van der Waals surface area contributed by atoms with Gasteiger partial charge >= 0.3 is 0 Å². The van der Waals surface area contributed by atoms with Crippen molar-refractivity contribution in [2.24, 2.45) is 0 Å². The summed E-state index contributed by atoms with van der Waals surface area (Å²) >= 11 is 1.30. The minimum atomic E-state index is -3.26. The van der Waals surface area contributed by atoms with Crippen LogP contribution >= 0.6 is 11.8 Å². The zero-order chi connectivity index (χ0) is 20.1. The monoisotopic (exact) mass is 416 g/mol. The SMILES string of the molecule is CCn1c(SCC(=O)Nc2ccc(S(C)(=O)=O)cc2)nnc1-c1ccccc1. The lowest BCUT2D eigenvalue weighted by atomic mass is 10.2. The average molecular weight is 417 g/mol. The van der Waals surface area contributed by atoms with Gasteiger partial charge in [0, 0.05) is 24.1 Å². The molecule has 0 unspecified atom stereocenters. The van der Waals surface area contributed by atoms with Gasteiger partial charge in [0.15, 0.2) is 20.8 Å². The van der Waals surface area contributed by atoms with Crippen LogP contribution in [-0.4, -0.2) is 41.1 Å². The van der Waals surface area contributed by atoms with E-state index in [-0.39, 0.29) is 16.6 Å². The molecule has 0 aliphatic carbocycles. The van der Waals surface area contributed by atoms with Crippen molar-refractivity contribution >= 4 is 33.2 Å². The fourth-order valence-corrected chi connectivity index (χ4v) is 4.03. The summed E-state index contributed by atoms with van der Waals surface area (Å²) in [7, 11) is -3.26. The van der Waals surface area contributed by atoms with Gasteiger partial charge in [0.2, 0.25) is 5.91 Å². The zero-order valence-corrected chi connectivity index (χ0v) is 17.1. The van der Waals surface area contributed by atoms with E-state index in [1.54, 1.807) is 12.1 Å². The quantitative estimate of drug-likeness (QED) is 0.595. The third-order valence-electron chi connectivity index (χ3n) is 3.96. The Balaban J connectivity index is 1.64. The molecule has 1 N–H and O–H groups in total. The number of aromatic nitrogens is 3. The third-order valence-corrected chi connectivity index (χ3v) is 6.06. The molecule has 0 aliphatic rings. The van der Waals surface area contributed by atoms with Crippen molar-refractivity contribution in [3.05, 3.63) is 54.6 Å². The van der Waals surface area contributed by atoms with E-state index in [1.807, 2.05) is 41.8 Å². The number of rotatable bonds is 7. The molecule has 3 aromatic rings. The molecule has 0 bridgehead atoms. The Labute approximate surface area is 168 Å². The number of carbonyl (C=O) groups excluding carboxylic acids is 1. The van der Waals surface area contributed by atoms with Gasteiger partial charge in [-0.2, -0.15) is 0 Å². The highest BCUT2D eigenvalue weighted by atomic mass is 32.2. The number of hydrogen-bond acceptors (Lipinski definition) is 6. The van der Waals surface area contributed by atoms with E-state index in [1.165, 1.54) is 23.9 Å². The summed E-state index contributed by atoms with van der Waals surface area (Å²) in [5.74, 6) is 0.729. The molecular weight excluding hydrogens is 396 g/mol. The fourth-order valence-electron chi connectivity index (χ4n) is 2.59. The topological polar surface area (TPSA) is 94.0 Å². The van der Waals surface area contributed by atoms with Gasteiger partial charge in [0.25, 0.3) is 0 Å². The summed E-state index contributed by atoms with van der Waals surface area (Å²) < 4.78 is 24.9. The van der Waals surface area contributed by atoms with Crippen LogP contribution in [0.3, 0.4) is 0 Å². The molecule has 0 aliphatic heterocycles. The van der Waals surface area contributed by atoms with Gasteiger partial charge in [-0.05, 0) is 31.2 Å². The molecule has 1 amide bonds. The Bertz CT molecular complexity index is 1060. The molecule has 0 radical (unpaired) electrons. The van der Waals surface area contributed by atoms with Crippen molar-refractivity contribution in [3.63, 3.8) is 0 Å². The minimum absolute atomic E-state index is 0.167. The molecule has 7 nitrogen and oxygen atoms in total. The first-order chi connectivity index (χ1) is 13.4. The molecule has 1 heterocycles. The smallest absolute Gasteiger partial charge is 0.234 e. The van der Waals surface area contributed by atoms with E-state index in [2.05, 4.69) is 15.5 Å². The Kier molecular flexibility index (Phi) is 6.15. The van der Waals surface area contributed by atoms with Crippen LogP contribution in [-0.2, 0) is 21.2 Å². The predicted octanol–water partition coefficient (Wildman–Crippen LogP) is 3.10. The maximum atomic E-state index is 12.2. The van der Waals surface area contributed by atoms with Crippen molar-refractivity contribution in [3.8, 4) is 11.4 Å². The Morgan fingerprint density at radius 1 is 1.07 bits per heavy atom. The first-order valence-electron chi connectivity index (χ1n) is 8.60. The van der Waals surface area contributed by atoms with Crippen molar-refractivity contribution in [1.82, 2.24) is 14.8 Å². The number of nitrogens with one attached hydrogen (secondary N) is 1. The summed E-state index contributed by atoms with van der Waals surface area (Å²) in [6.07, 6.45) is 1.14. The van der Waals surface area contributed by atoms with Crippen LogP contribution in [0.1, 0.15) is 6.92 Å². The predicted molar refractivity (Wildman–Crippen MR) is 110 cm³/mol. The van der Waals surface area contributed by atoms with Crippen molar-refractivity contribution in [1.29, 1.82) is 0 Å². The van der Waals surface area contributed by atoms with E-state index >= 15 is 0 Å². The third kappa shape index (κ3) is 4.79. The minimum Gasteiger partial charge on any atom is -0.325 e. The molecular formula is C19H20N4O3S2. The summed E-state index contributed by atoms with van der Waals surface area (Å²) in [5, 5.41) is 11.9. The van der Waals surface area contributed by atoms with E-state index < -0.39 is 9.84 Å². The highest BCUT2D eigenvalue weighted by molar-refractivity contribution is 7.99. The largest absolute Gasteiger partial charge is 0.325 e. The van der Waals surface area contributed by atoms with Crippen molar-refractivity contribution in [2.75, 3.05) is 17.3 Å². The van der Waals surface area contributed by atoms with Gasteiger partial charge in [0.05, 0.1) is 10.6 Å². The molecule has 1 aromatic heterocycles. The van der Waals surface area contributed by atoms with Gasteiger partial charge in [0.1, 0.15) is 0 Å². The number of benzene rings is 2. The van der Waals surface area contributed by atoms with Crippen LogP contribution in [0, 0.1) is 0 Å². The Morgan fingerprint density at radius 2 is 1.75 bits per heavy atom. The molecule has 0 saturated heterocycles. The molecule has 28 heavy (non-hydrogen) atoms. The molecule has 2 aromatic carbocycles. The van der Waals surface area contributed by atoms with Crippen LogP contribution in [0.25, 0.3) is 11.4 Å². The first-order valence-corrected chi connectivity index (χ1v) is 11.5. The highest BCUT2D eigenvalue weighted by Crippen LogP contribution is 2.24. The second-order valence-corrected chi connectivity index (χ2v) is 9.01. The number of thioether (sulfide) groups is 1. The first kappa shape index (κ1) is 20.1. The number of carbonyl (C=O) groups is 1. The molecule has 0 fully saturated rings. The normalized spacial score (nSPS) is 11.4. The molecule has 0 spiro atoms. The second kappa shape index (κ2) is 8.57. The highest BCUT2D eigenvalue weighted by Gasteiger charge is 2.14. The summed E-state index contributed by atoms with van der Waals surface area (Å²) in [6.45, 7) is 2.69. The number of hydrogen-bond donors (Lipinski definition) is 1. The average Bonchev–Trinajstić information content (AvgIpc) is 3.10. The maximum absolute atomic E-state index is 12.2. The van der Waals surface area contributed by atoms with E-state index in [4.69, 9.17) is 0 Å². The summed E-state index contributed by atoms with van der Waals surface area (Å²) in [5.41, 5.74) is 1.51. The Morgan fingerprint density at radius 3 is 2.36 bits per heavy atom. The molecule has 3 rings (SSSR count). The van der Waals surface area contributed by atoms with Crippen LogP contribution in [0.2, 0.25) is 0 Å². The number of nitrogens with zero attached hydrogens (tertiary/aromatic N) is 3. The van der Waals surface area contributed by atoms with Crippen LogP contribution < -0.4 is 5.32 Å². The molecule has 146 valence electrons. The lowest BCUT2D eigenvalue weighted by molar-refractivity contribution is -0.113. The van der Waals surface area contributed by atoms with Gasteiger partial charge in [-0.15, -0.1) is 10.2 Å². The number of sulfone groups is 1. The van der Waals surface area contributed by atoms with E-state index in [9.17, 15) is 13.2 Å². The Hall–Kier alpha value is -2.65. The van der Waals surface area contributed by atoms with Gasteiger partial charge < -0.3 is 9.88 Å². The van der Waals surface area contributed by atoms with Gasteiger partial charge in [-0.25, -0.2) is 8.42 Å². The lowest BCUT2D eigenvalue weighted by Crippen LogP contribution is -2.14. The van der Waals surface area contributed by atoms with Crippen LogP contribution in [0.15, 0.2) is 64.6 Å². The van der Waals surface area contributed by atoms with E-state index in [0.717, 1.165) is 17.6 Å². The zero-order valence-electron chi connectivity index (χ0n) is 15.5. The van der Waals surface area contributed by atoms with Crippen LogP contribution in [0.5, 0.6) is 0 Å². The van der Waals surface area contributed by atoms with E-state index in [0.29, 0.717) is 17.4 Å². The summed E-state index contributed by atoms with van der Waals surface area (Å²) in [4.78, 5) is 12.4. The molecule has 0 saturated carbocycles. The summed E-state index contributed by atoms with van der Waals surface area (Å²) in [6, 6.07) is 15.9. The lowest BCUT2D eigenvalue weighted by Gasteiger charge is -2.08. The van der Waals surface area contributed by atoms with Crippen molar-refractivity contribution < 1.29 is 13.2 Å². The maximum Gasteiger partial charge on any atom is 0.234 e. The fraction of sp³-hybridized carbons (Fsp3) is 0.211. The number of amides is 1. The van der Waals surface area contributed by atoms with Gasteiger partial charge in [-0.3, -0.25) is 4.79 Å². The standard InChI is InChI=1S/C19H20N4O3S2/c1-3-23-18(14-7-5-4-6-8-14)21-22-19(23)27-13-17(24)20-15-9-11-16(12-10-15)28(2,25)26/h4-12H,3,13H2,1-2H3,(H,20,24). The second-order valence-electron chi connectivity index (χ2n) is 6.05.